The highest BCUT2D eigenvalue weighted by molar-refractivity contribution is 8.00. The summed E-state index contributed by atoms with van der Waals surface area (Å²) in [4.78, 5) is 23.2. The van der Waals surface area contributed by atoms with Crippen LogP contribution in [0.25, 0.3) is 0 Å². The fraction of sp³-hybridized carbons (Fsp3) is 0.467. The number of carbonyl (C=O) groups is 2. The van der Waals surface area contributed by atoms with Crippen LogP contribution in [-0.2, 0) is 9.59 Å². The van der Waals surface area contributed by atoms with Crippen LogP contribution in [0.5, 0.6) is 5.75 Å². The van der Waals surface area contributed by atoms with Gasteiger partial charge in [-0.05, 0) is 37.1 Å². The van der Waals surface area contributed by atoms with E-state index in [1.807, 2.05) is 0 Å². The second-order valence-electron chi connectivity index (χ2n) is 5.06. The number of hydrogen-bond acceptors (Lipinski definition) is 4. The molecule has 5 nitrogen and oxygen atoms in total. The van der Waals surface area contributed by atoms with Gasteiger partial charge in [-0.2, -0.15) is 0 Å². The molecule has 0 aromatic heterocycles. The van der Waals surface area contributed by atoms with Gasteiger partial charge in [0.1, 0.15) is 5.75 Å². The lowest BCUT2D eigenvalue weighted by molar-refractivity contribution is -0.128. The third-order valence-electron chi connectivity index (χ3n) is 3.28. The molecule has 0 heterocycles. The summed E-state index contributed by atoms with van der Waals surface area (Å²) in [6.07, 6.45) is 4.86. The molecule has 2 N–H and O–H groups in total. The standard InChI is InChI=1S/C15H19ClN2O3S/c16-11-5-7-12(8-6-11)21-9-14(19)17-18-15(20)10-22-13-3-1-2-4-13/h5-8,13H,1-4,9-10H2,(H,17,19)(H,18,20). The molecule has 0 bridgehead atoms. The van der Waals surface area contributed by atoms with E-state index in [0.29, 0.717) is 21.8 Å². The highest BCUT2D eigenvalue weighted by atomic mass is 35.5. The Kier molecular flexibility index (Phi) is 6.86. The van der Waals surface area contributed by atoms with Gasteiger partial charge in [0.2, 0.25) is 5.91 Å². The predicted molar refractivity (Wildman–Crippen MR) is 87.9 cm³/mol. The first-order valence-electron chi connectivity index (χ1n) is 7.21. The van der Waals surface area contributed by atoms with Crippen LogP contribution in [0.3, 0.4) is 0 Å². The molecule has 1 aliphatic rings. The van der Waals surface area contributed by atoms with Crippen molar-refractivity contribution in [3.05, 3.63) is 29.3 Å². The van der Waals surface area contributed by atoms with Crippen molar-refractivity contribution in [2.24, 2.45) is 0 Å². The Labute approximate surface area is 139 Å². The number of benzene rings is 1. The largest absolute Gasteiger partial charge is 0.484 e. The average molecular weight is 343 g/mol. The van der Waals surface area contributed by atoms with Crippen molar-refractivity contribution in [3.63, 3.8) is 0 Å². The van der Waals surface area contributed by atoms with Gasteiger partial charge in [0, 0.05) is 10.3 Å². The quantitative estimate of drug-likeness (QED) is 0.780. The van der Waals surface area contributed by atoms with Crippen molar-refractivity contribution in [2.75, 3.05) is 12.4 Å². The summed E-state index contributed by atoms with van der Waals surface area (Å²) in [7, 11) is 0. The minimum absolute atomic E-state index is 0.169. The Bertz CT molecular complexity index is 504. The molecule has 22 heavy (non-hydrogen) atoms. The molecule has 0 atom stereocenters. The van der Waals surface area contributed by atoms with Gasteiger partial charge in [0.25, 0.3) is 5.91 Å². The number of hydrazine groups is 1. The number of ether oxygens (including phenoxy) is 1. The second-order valence-corrected chi connectivity index (χ2v) is 6.78. The van der Waals surface area contributed by atoms with E-state index in [1.165, 1.54) is 25.7 Å². The summed E-state index contributed by atoms with van der Waals surface area (Å²) in [6, 6.07) is 6.70. The molecule has 1 aliphatic carbocycles. The van der Waals surface area contributed by atoms with Gasteiger partial charge in [-0.3, -0.25) is 20.4 Å². The third kappa shape index (κ3) is 6.15. The van der Waals surface area contributed by atoms with Gasteiger partial charge >= 0.3 is 0 Å². The van der Waals surface area contributed by atoms with Crippen LogP contribution in [0.15, 0.2) is 24.3 Å². The number of carbonyl (C=O) groups excluding carboxylic acids is 2. The number of nitrogens with one attached hydrogen (secondary N) is 2. The molecular formula is C15H19ClN2O3S. The Morgan fingerprint density at radius 3 is 2.45 bits per heavy atom. The lowest BCUT2D eigenvalue weighted by atomic mass is 10.3. The van der Waals surface area contributed by atoms with Gasteiger partial charge in [0.15, 0.2) is 6.61 Å². The smallest absolute Gasteiger partial charge is 0.276 e. The minimum atomic E-state index is -0.408. The van der Waals surface area contributed by atoms with Crippen LogP contribution in [0.4, 0.5) is 0 Å². The van der Waals surface area contributed by atoms with Gasteiger partial charge in [-0.1, -0.05) is 24.4 Å². The second kappa shape index (κ2) is 8.90. The minimum Gasteiger partial charge on any atom is -0.484 e. The number of thioether (sulfide) groups is 1. The Hall–Kier alpha value is -1.40. The molecular weight excluding hydrogens is 324 g/mol. The summed E-state index contributed by atoms with van der Waals surface area (Å²) in [6.45, 7) is -0.169. The Balaban J connectivity index is 1.58. The molecule has 7 heteroatoms. The maximum atomic E-state index is 11.6. The van der Waals surface area contributed by atoms with Crippen LogP contribution < -0.4 is 15.6 Å². The number of hydrogen-bond donors (Lipinski definition) is 2. The maximum absolute atomic E-state index is 11.6. The maximum Gasteiger partial charge on any atom is 0.276 e. The van der Waals surface area contributed by atoms with Crippen molar-refractivity contribution in [1.82, 2.24) is 10.9 Å². The van der Waals surface area contributed by atoms with Crippen molar-refractivity contribution >= 4 is 35.2 Å². The van der Waals surface area contributed by atoms with E-state index in [1.54, 1.807) is 36.0 Å². The number of rotatable bonds is 6. The Morgan fingerprint density at radius 2 is 1.77 bits per heavy atom. The Morgan fingerprint density at radius 1 is 1.14 bits per heavy atom. The van der Waals surface area contributed by atoms with Gasteiger partial charge in [0.05, 0.1) is 5.75 Å². The molecule has 1 aromatic rings. The molecule has 0 unspecified atom stereocenters. The van der Waals surface area contributed by atoms with Crippen LogP contribution in [0.2, 0.25) is 5.02 Å². The monoisotopic (exact) mass is 342 g/mol. The summed E-state index contributed by atoms with van der Waals surface area (Å²) >= 11 is 7.40. The van der Waals surface area contributed by atoms with E-state index in [9.17, 15) is 9.59 Å². The summed E-state index contributed by atoms with van der Waals surface area (Å²) < 4.78 is 5.27. The van der Waals surface area contributed by atoms with Gasteiger partial charge in [-0.25, -0.2) is 0 Å². The third-order valence-corrected chi connectivity index (χ3v) is 4.90. The molecule has 0 spiro atoms. The molecule has 2 rings (SSSR count). The first kappa shape index (κ1) is 17.0. The molecule has 0 radical (unpaired) electrons. The zero-order valence-electron chi connectivity index (χ0n) is 12.1. The highest BCUT2D eigenvalue weighted by Crippen LogP contribution is 2.28. The summed E-state index contributed by atoms with van der Waals surface area (Å²) in [5.41, 5.74) is 4.73. The molecule has 0 saturated heterocycles. The molecule has 1 fully saturated rings. The normalized spacial score (nSPS) is 14.6. The van der Waals surface area contributed by atoms with Crippen molar-refractivity contribution in [1.29, 1.82) is 0 Å². The lowest BCUT2D eigenvalue weighted by Gasteiger charge is -2.10. The van der Waals surface area contributed by atoms with Crippen LogP contribution in [-0.4, -0.2) is 29.4 Å². The van der Waals surface area contributed by atoms with Crippen LogP contribution in [0, 0.1) is 0 Å². The van der Waals surface area contributed by atoms with Crippen LogP contribution >= 0.6 is 23.4 Å². The fourth-order valence-corrected chi connectivity index (χ4v) is 3.39. The molecule has 0 aliphatic heterocycles. The lowest BCUT2D eigenvalue weighted by Crippen LogP contribution is -2.44. The number of halogens is 1. The SMILES string of the molecule is O=C(COc1ccc(Cl)cc1)NNC(=O)CSC1CCCC1. The van der Waals surface area contributed by atoms with Crippen molar-refractivity contribution in [3.8, 4) is 5.75 Å². The predicted octanol–water partition coefficient (Wildman–Crippen LogP) is 2.54. The highest BCUT2D eigenvalue weighted by Gasteiger charge is 2.16. The zero-order chi connectivity index (χ0) is 15.8. The summed E-state index contributed by atoms with van der Waals surface area (Å²) in [5.74, 6) is 0.303. The van der Waals surface area contributed by atoms with E-state index in [0.717, 1.165) is 0 Å². The van der Waals surface area contributed by atoms with Gasteiger partial charge < -0.3 is 4.74 Å². The molecule has 1 saturated carbocycles. The zero-order valence-corrected chi connectivity index (χ0v) is 13.7. The molecule has 2 amide bonds. The topological polar surface area (TPSA) is 67.4 Å². The first-order chi connectivity index (χ1) is 10.6. The van der Waals surface area contributed by atoms with Crippen molar-refractivity contribution in [2.45, 2.75) is 30.9 Å². The van der Waals surface area contributed by atoms with Crippen molar-refractivity contribution < 1.29 is 14.3 Å². The van der Waals surface area contributed by atoms with E-state index in [2.05, 4.69) is 10.9 Å². The van der Waals surface area contributed by atoms with E-state index in [-0.39, 0.29) is 12.5 Å². The molecule has 120 valence electrons. The summed E-state index contributed by atoms with van der Waals surface area (Å²) in [5, 5.41) is 1.18. The fourth-order valence-electron chi connectivity index (χ4n) is 2.14. The van der Waals surface area contributed by atoms with E-state index < -0.39 is 5.91 Å². The van der Waals surface area contributed by atoms with Crippen LogP contribution in [0.1, 0.15) is 25.7 Å². The van der Waals surface area contributed by atoms with Gasteiger partial charge in [-0.15, -0.1) is 11.8 Å². The van der Waals surface area contributed by atoms with E-state index >= 15 is 0 Å². The van der Waals surface area contributed by atoms with E-state index in [4.69, 9.17) is 16.3 Å². The first-order valence-corrected chi connectivity index (χ1v) is 8.64. The molecule has 1 aromatic carbocycles. The number of amides is 2. The average Bonchev–Trinajstić information content (AvgIpc) is 3.04.